The van der Waals surface area contributed by atoms with Gasteiger partial charge in [-0.3, -0.25) is 4.72 Å². The molecule has 0 atom stereocenters. The molecule has 110 valence electrons. The minimum Gasteiger partial charge on any atom is -0.389 e. The van der Waals surface area contributed by atoms with Crippen LogP contribution in [0.4, 0.5) is 5.69 Å². The zero-order chi connectivity index (χ0) is 15.6. The first-order valence-corrected chi connectivity index (χ1v) is 8.19. The first-order valence-electron chi connectivity index (χ1n) is 6.29. The highest BCUT2D eigenvalue weighted by atomic mass is 32.2. The summed E-state index contributed by atoms with van der Waals surface area (Å²) in [6, 6.07) is 11.9. The summed E-state index contributed by atoms with van der Waals surface area (Å²) in [7, 11) is -3.64. The van der Waals surface area contributed by atoms with E-state index >= 15 is 0 Å². The second kappa shape index (κ2) is 5.83. The second-order valence-corrected chi connectivity index (χ2v) is 6.91. The Labute approximate surface area is 130 Å². The number of aryl methyl sites for hydroxylation is 2. The summed E-state index contributed by atoms with van der Waals surface area (Å²) in [5, 5.41) is 0. The molecule has 4 nitrogen and oxygen atoms in total. The van der Waals surface area contributed by atoms with E-state index in [1.54, 1.807) is 43.3 Å². The summed E-state index contributed by atoms with van der Waals surface area (Å²) in [5.41, 5.74) is 8.32. The lowest BCUT2D eigenvalue weighted by Crippen LogP contribution is -2.15. The molecule has 0 saturated heterocycles. The van der Waals surface area contributed by atoms with Gasteiger partial charge >= 0.3 is 0 Å². The predicted octanol–water partition coefficient (Wildman–Crippen LogP) is 2.74. The molecular formula is C15H16N2O2S2. The zero-order valence-electron chi connectivity index (χ0n) is 11.8. The van der Waals surface area contributed by atoms with Crippen LogP contribution in [0.2, 0.25) is 0 Å². The van der Waals surface area contributed by atoms with Crippen molar-refractivity contribution in [3.05, 3.63) is 59.2 Å². The number of sulfonamides is 1. The van der Waals surface area contributed by atoms with Crippen molar-refractivity contribution in [3.8, 4) is 0 Å². The first-order chi connectivity index (χ1) is 9.79. The molecule has 0 radical (unpaired) electrons. The highest BCUT2D eigenvalue weighted by molar-refractivity contribution is 7.92. The maximum absolute atomic E-state index is 12.4. The monoisotopic (exact) mass is 320 g/mol. The quantitative estimate of drug-likeness (QED) is 0.850. The van der Waals surface area contributed by atoms with Crippen LogP contribution in [-0.4, -0.2) is 13.4 Å². The Balaban J connectivity index is 2.37. The Kier molecular flexibility index (Phi) is 4.29. The molecule has 0 saturated carbocycles. The van der Waals surface area contributed by atoms with Crippen molar-refractivity contribution in [2.45, 2.75) is 18.7 Å². The van der Waals surface area contributed by atoms with E-state index in [1.165, 1.54) is 0 Å². The van der Waals surface area contributed by atoms with Gasteiger partial charge in [-0.15, -0.1) is 0 Å². The van der Waals surface area contributed by atoms with Gasteiger partial charge in [-0.2, -0.15) is 0 Å². The minimum atomic E-state index is -3.64. The lowest BCUT2D eigenvalue weighted by molar-refractivity contribution is 0.600. The number of thiocarbonyl (C=S) groups is 1. The van der Waals surface area contributed by atoms with Crippen LogP contribution in [0.1, 0.15) is 16.7 Å². The van der Waals surface area contributed by atoms with Gasteiger partial charge in [-0.25, -0.2) is 8.42 Å². The lowest BCUT2D eigenvalue weighted by atomic mass is 10.2. The van der Waals surface area contributed by atoms with E-state index in [2.05, 4.69) is 4.72 Å². The van der Waals surface area contributed by atoms with E-state index in [0.717, 1.165) is 5.56 Å². The first kappa shape index (κ1) is 15.5. The number of anilines is 1. The average Bonchev–Trinajstić information content (AvgIpc) is 2.37. The molecule has 6 heteroatoms. The standard InChI is InChI=1S/C15H16N2O2S2/c1-10-6-7-14(11(2)8-10)21(18,19)17-13-5-3-4-12(9-13)15(16)20/h3-9,17H,1-2H3,(H2,16,20). The van der Waals surface area contributed by atoms with Crippen LogP contribution in [0.5, 0.6) is 0 Å². The summed E-state index contributed by atoms with van der Waals surface area (Å²) >= 11 is 4.89. The highest BCUT2D eigenvalue weighted by Crippen LogP contribution is 2.21. The molecule has 0 aromatic heterocycles. The fraction of sp³-hybridized carbons (Fsp3) is 0.133. The van der Waals surface area contributed by atoms with Gasteiger partial charge in [0.2, 0.25) is 0 Å². The molecule has 0 aliphatic heterocycles. The van der Waals surface area contributed by atoms with Gasteiger partial charge in [0, 0.05) is 11.3 Å². The molecule has 0 aliphatic rings. The Bertz CT molecular complexity index is 799. The largest absolute Gasteiger partial charge is 0.389 e. The average molecular weight is 320 g/mol. The number of hydrogen-bond donors (Lipinski definition) is 2. The Morgan fingerprint density at radius 1 is 1.14 bits per heavy atom. The van der Waals surface area contributed by atoms with Crippen LogP contribution >= 0.6 is 12.2 Å². The predicted molar refractivity (Wildman–Crippen MR) is 89.1 cm³/mol. The van der Waals surface area contributed by atoms with Crippen LogP contribution in [-0.2, 0) is 10.0 Å². The summed E-state index contributed by atoms with van der Waals surface area (Å²) in [5.74, 6) is 0. The fourth-order valence-electron chi connectivity index (χ4n) is 2.05. The summed E-state index contributed by atoms with van der Waals surface area (Å²) < 4.78 is 27.4. The number of nitrogens with one attached hydrogen (secondary N) is 1. The molecule has 0 amide bonds. The Morgan fingerprint density at radius 2 is 1.86 bits per heavy atom. The topological polar surface area (TPSA) is 72.2 Å². The van der Waals surface area contributed by atoms with Crippen molar-refractivity contribution in [3.63, 3.8) is 0 Å². The van der Waals surface area contributed by atoms with Crippen LogP contribution in [0.3, 0.4) is 0 Å². The number of nitrogens with two attached hydrogens (primary N) is 1. The highest BCUT2D eigenvalue weighted by Gasteiger charge is 2.17. The summed E-state index contributed by atoms with van der Waals surface area (Å²) in [6.07, 6.45) is 0. The van der Waals surface area contributed by atoms with Crippen LogP contribution in [0, 0.1) is 13.8 Å². The summed E-state index contributed by atoms with van der Waals surface area (Å²) in [4.78, 5) is 0.483. The maximum Gasteiger partial charge on any atom is 0.262 e. The maximum atomic E-state index is 12.4. The molecule has 0 spiro atoms. The molecular weight excluding hydrogens is 304 g/mol. The van der Waals surface area contributed by atoms with Crippen molar-refractivity contribution in [2.24, 2.45) is 5.73 Å². The van der Waals surface area contributed by atoms with Crippen LogP contribution in [0.25, 0.3) is 0 Å². The van der Waals surface area contributed by atoms with Crippen molar-refractivity contribution in [1.29, 1.82) is 0 Å². The smallest absolute Gasteiger partial charge is 0.262 e. The summed E-state index contributed by atoms with van der Waals surface area (Å²) in [6.45, 7) is 3.69. The van der Waals surface area contributed by atoms with E-state index in [9.17, 15) is 8.42 Å². The normalized spacial score (nSPS) is 11.1. The molecule has 0 bridgehead atoms. The van der Waals surface area contributed by atoms with Gasteiger partial charge in [0.05, 0.1) is 4.90 Å². The Hall–Kier alpha value is -1.92. The molecule has 2 rings (SSSR count). The molecule has 21 heavy (non-hydrogen) atoms. The minimum absolute atomic E-state index is 0.225. The Morgan fingerprint density at radius 3 is 2.48 bits per heavy atom. The van der Waals surface area contributed by atoms with Crippen molar-refractivity contribution in [2.75, 3.05) is 4.72 Å². The van der Waals surface area contributed by atoms with Gasteiger partial charge in [-0.1, -0.05) is 42.0 Å². The van der Waals surface area contributed by atoms with Crippen molar-refractivity contribution >= 4 is 32.9 Å². The SMILES string of the molecule is Cc1ccc(S(=O)(=O)Nc2cccc(C(N)=S)c2)c(C)c1. The lowest BCUT2D eigenvalue weighted by Gasteiger charge is -2.11. The molecule has 0 fully saturated rings. The van der Waals surface area contributed by atoms with Crippen molar-refractivity contribution in [1.82, 2.24) is 0 Å². The zero-order valence-corrected chi connectivity index (χ0v) is 13.4. The third kappa shape index (κ3) is 3.59. The molecule has 3 N–H and O–H groups in total. The molecule has 2 aromatic rings. The van der Waals surface area contributed by atoms with E-state index in [0.29, 0.717) is 16.8 Å². The second-order valence-electron chi connectivity index (χ2n) is 4.82. The van der Waals surface area contributed by atoms with Gasteiger partial charge < -0.3 is 5.73 Å². The van der Waals surface area contributed by atoms with Gasteiger partial charge in [0.15, 0.2) is 0 Å². The molecule has 2 aromatic carbocycles. The van der Waals surface area contributed by atoms with E-state index in [-0.39, 0.29) is 9.88 Å². The number of hydrogen-bond acceptors (Lipinski definition) is 3. The van der Waals surface area contributed by atoms with Gasteiger partial charge in [0.1, 0.15) is 4.99 Å². The van der Waals surface area contributed by atoms with E-state index in [4.69, 9.17) is 18.0 Å². The van der Waals surface area contributed by atoms with Gasteiger partial charge in [0.25, 0.3) is 10.0 Å². The van der Waals surface area contributed by atoms with E-state index < -0.39 is 10.0 Å². The van der Waals surface area contributed by atoms with Gasteiger partial charge in [-0.05, 0) is 37.6 Å². The molecule has 0 aliphatic carbocycles. The van der Waals surface area contributed by atoms with Crippen LogP contribution in [0.15, 0.2) is 47.4 Å². The van der Waals surface area contributed by atoms with E-state index in [1.807, 2.05) is 13.0 Å². The van der Waals surface area contributed by atoms with Crippen molar-refractivity contribution < 1.29 is 8.42 Å². The molecule has 0 unspecified atom stereocenters. The van der Waals surface area contributed by atoms with Crippen LogP contribution < -0.4 is 10.5 Å². The fourth-order valence-corrected chi connectivity index (χ4v) is 3.45. The third-order valence-corrected chi connectivity index (χ3v) is 4.80. The number of rotatable bonds is 4. The molecule has 0 heterocycles. The number of benzene rings is 2. The third-order valence-electron chi connectivity index (χ3n) is 3.02.